The van der Waals surface area contributed by atoms with Gasteiger partial charge in [-0.25, -0.2) is 5.84 Å². The molecule has 6 nitrogen and oxygen atoms in total. The van der Waals surface area contributed by atoms with E-state index in [2.05, 4.69) is 17.2 Å². The normalized spacial score (nSPS) is 11.0. The van der Waals surface area contributed by atoms with Gasteiger partial charge in [-0.05, 0) is 26.0 Å². The van der Waals surface area contributed by atoms with E-state index in [1.807, 2.05) is 6.07 Å². The zero-order valence-electron chi connectivity index (χ0n) is 11.6. The third kappa shape index (κ3) is 4.66. The number of nitrogens with one attached hydrogen (secondary N) is 1. The zero-order chi connectivity index (χ0) is 14.3. The Morgan fingerprint density at radius 3 is 2.84 bits per heavy atom. The summed E-state index contributed by atoms with van der Waals surface area (Å²) >= 11 is 0. The number of nitrogen functional groups attached to an aromatic ring is 1. The Kier molecular flexibility index (Phi) is 6.55. The van der Waals surface area contributed by atoms with Crippen molar-refractivity contribution in [3.05, 3.63) is 23.2 Å². The average molecular weight is 269 g/mol. The Bertz CT molecular complexity index is 404. The highest BCUT2D eigenvalue weighted by molar-refractivity contribution is 5.92. The zero-order valence-corrected chi connectivity index (χ0v) is 11.6. The minimum Gasteiger partial charge on any atom is -0.454 e. The Balaban J connectivity index is 2.70. The number of aryl methyl sites for hydroxylation is 1. The van der Waals surface area contributed by atoms with Gasteiger partial charge in [-0.15, -0.1) is 0 Å². The molecule has 0 saturated heterocycles. The van der Waals surface area contributed by atoms with Crippen molar-refractivity contribution in [2.45, 2.75) is 33.2 Å². The number of nitrogens with zero attached hydrogens (tertiary/aromatic N) is 1. The fraction of sp³-hybridized carbons (Fsp3) is 0.615. The number of carbonyl (C=O) groups excluding carboxylic acids is 1. The summed E-state index contributed by atoms with van der Waals surface area (Å²) < 4.78 is 5.51. The lowest BCUT2D eigenvalue weighted by Crippen LogP contribution is -2.30. The van der Waals surface area contributed by atoms with Crippen LogP contribution in [0.1, 0.15) is 41.6 Å². The minimum atomic E-state index is -0.425. The van der Waals surface area contributed by atoms with E-state index in [9.17, 15) is 4.79 Å². The Hall–Kier alpha value is -1.37. The van der Waals surface area contributed by atoms with Gasteiger partial charge >= 0.3 is 5.91 Å². The van der Waals surface area contributed by atoms with Crippen LogP contribution in [0.4, 0.5) is 0 Å². The van der Waals surface area contributed by atoms with Crippen molar-refractivity contribution < 1.29 is 14.3 Å². The molecule has 0 radical (unpaired) electrons. The lowest BCUT2D eigenvalue weighted by atomic mass is 10.2. The molecule has 6 heteroatoms. The van der Waals surface area contributed by atoms with Crippen molar-refractivity contribution in [3.8, 4) is 0 Å². The molecule has 0 aliphatic heterocycles. The molecule has 0 atom stereocenters. The number of hydrogen-bond acceptors (Lipinski definition) is 5. The maximum Gasteiger partial charge on any atom is 0.301 e. The fourth-order valence-electron chi connectivity index (χ4n) is 1.93. The number of unbranched alkanes of at least 4 members (excludes halogenated alkanes) is 1. The number of amides is 1. The van der Waals surface area contributed by atoms with Crippen LogP contribution in [0.3, 0.4) is 0 Å². The van der Waals surface area contributed by atoms with Crippen molar-refractivity contribution in [2.75, 3.05) is 19.7 Å². The van der Waals surface area contributed by atoms with Gasteiger partial charge < -0.3 is 9.52 Å². The first-order valence-corrected chi connectivity index (χ1v) is 6.55. The Morgan fingerprint density at radius 2 is 2.26 bits per heavy atom. The minimum absolute atomic E-state index is 0.111. The molecule has 0 saturated carbocycles. The van der Waals surface area contributed by atoms with Gasteiger partial charge in [0.1, 0.15) is 5.76 Å². The molecule has 1 aromatic rings. The van der Waals surface area contributed by atoms with Gasteiger partial charge in [0.15, 0.2) is 5.76 Å². The standard InChI is InChI=1S/C13H23N3O3/c1-3-4-5-16(6-7-17)9-11-8-10(2)12(19-11)13(18)15-14/h8,17H,3-7,9,14H2,1-2H3,(H,15,18). The summed E-state index contributed by atoms with van der Waals surface area (Å²) in [7, 11) is 0. The molecule has 19 heavy (non-hydrogen) atoms. The number of hydrazine groups is 1. The largest absolute Gasteiger partial charge is 0.454 e. The molecule has 0 spiro atoms. The number of rotatable bonds is 8. The first kappa shape index (κ1) is 15.7. The number of carbonyl (C=O) groups is 1. The van der Waals surface area contributed by atoms with E-state index in [4.69, 9.17) is 15.4 Å². The highest BCUT2D eigenvalue weighted by atomic mass is 16.4. The molecular weight excluding hydrogens is 246 g/mol. The third-order valence-corrected chi connectivity index (χ3v) is 2.93. The first-order valence-electron chi connectivity index (χ1n) is 6.55. The monoisotopic (exact) mass is 269 g/mol. The highest BCUT2D eigenvalue weighted by Crippen LogP contribution is 2.16. The van der Waals surface area contributed by atoms with Gasteiger partial charge in [-0.3, -0.25) is 15.1 Å². The molecule has 1 heterocycles. The molecular formula is C13H23N3O3. The van der Waals surface area contributed by atoms with Gasteiger partial charge in [0.05, 0.1) is 13.2 Å². The van der Waals surface area contributed by atoms with Gasteiger partial charge in [0.2, 0.25) is 0 Å². The van der Waals surface area contributed by atoms with Crippen molar-refractivity contribution in [1.82, 2.24) is 10.3 Å². The van der Waals surface area contributed by atoms with E-state index in [0.29, 0.717) is 18.8 Å². The van der Waals surface area contributed by atoms with Gasteiger partial charge in [-0.2, -0.15) is 0 Å². The maximum absolute atomic E-state index is 11.4. The van der Waals surface area contributed by atoms with Gasteiger partial charge in [0, 0.05) is 12.1 Å². The van der Waals surface area contributed by atoms with Crippen molar-refractivity contribution in [2.24, 2.45) is 5.84 Å². The second kappa shape index (κ2) is 7.93. The number of nitrogens with two attached hydrogens (primary N) is 1. The summed E-state index contributed by atoms with van der Waals surface area (Å²) in [6, 6.07) is 1.83. The Morgan fingerprint density at radius 1 is 1.53 bits per heavy atom. The van der Waals surface area contributed by atoms with E-state index in [-0.39, 0.29) is 12.4 Å². The number of furan rings is 1. The third-order valence-electron chi connectivity index (χ3n) is 2.93. The lowest BCUT2D eigenvalue weighted by Gasteiger charge is -2.19. The maximum atomic E-state index is 11.4. The quantitative estimate of drug-likeness (QED) is 0.368. The topological polar surface area (TPSA) is 91.7 Å². The van der Waals surface area contributed by atoms with Crippen LogP contribution < -0.4 is 11.3 Å². The summed E-state index contributed by atoms with van der Waals surface area (Å²) in [6.07, 6.45) is 2.16. The van der Waals surface area contributed by atoms with Gasteiger partial charge in [0.25, 0.3) is 0 Å². The van der Waals surface area contributed by atoms with E-state index < -0.39 is 5.91 Å². The highest BCUT2D eigenvalue weighted by Gasteiger charge is 2.16. The molecule has 1 rings (SSSR count). The van der Waals surface area contributed by atoms with Crippen LogP contribution >= 0.6 is 0 Å². The Labute approximate surface area is 113 Å². The van der Waals surface area contributed by atoms with Crippen LogP contribution in [0.25, 0.3) is 0 Å². The summed E-state index contributed by atoms with van der Waals surface area (Å²) in [5, 5.41) is 9.05. The molecule has 0 aromatic carbocycles. The van der Waals surface area contributed by atoms with E-state index in [1.54, 1.807) is 6.92 Å². The van der Waals surface area contributed by atoms with Crippen LogP contribution in [0.2, 0.25) is 0 Å². The first-order chi connectivity index (χ1) is 9.12. The van der Waals surface area contributed by atoms with E-state index in [0.717, 1.165) is 24.9 Å². The SMILES string of the molecule is CCCCN(CCO)Cc1cc(C)c(C(=O)NN)o1. The number of hydrogen-bond donors (Lipinski definition) is 3. The van der Waals surface area contributed by atoms with E-state index >= 15 is 0 Å². The molecule has 108 valence electrons. The van der Waals surface area contributed by atoms with Gasteiger partial charge in [-0.1, -0.05) is 13.3 Å². The molecule has 1 aromatic heterocycles. The van der Waals surface area contributed by atoms with Crippen LogP contribution in [-0.2, 0) is 6.54 Å². The second-order valence-corrected chi connectivity index (χ2v) is 4.55. The van der Waals surface area contributed by atoms with Crippen molar-refractivity contribution >= 4 is 5.91 Å². The molecule has 0 bridgehead atoms. The molecule has 4 N–H and O–H groups in total. The van der Waals surface area contributed by atoms with Crippen LogP contribution in [0.15, 0.2) is 10.5 Å². The van der Waals surface area contributed by atoms with Crippen LogP contribution in [-0.4, -0.2) is 35.6 Å². The second-order valence-electron chi connectivity index (χ2n) is 4.55. The molecule has 1 amide bonds. The predicted molar refractivity (Wildman–Crippen MR) is 72.4 cm³/mol. The average Bonchev–Trinajstić information content (AvgIpc) is 2.76. The summed E-state index contributed by atoms with van der Waals surface area (Å²) in [4.78, 5) is 13.6. The molecule has 0 aliphatic rings. The predicted octanol–water partition coefficient (Wildman–Crippen LogP) is 0.786. The molecule has 0 aliphatic carbocycles. The smallest absolute Gasteiger partial charge is 0.301 e. The van der Waals surface area contributed by atoms with Crippen LogP contribution in [0.5, 0.6) is 0 Å². The van der Waals surface area contributed by atoms with E-state index in [1.165, 1.54) is 0 Å². The fourth-order valence-corrected chi connectivity index (χ4v) is 1.93. The molecule has 0 fully saturated rings. The number of aliphatic hydroxyl groups excluding tert-OH is 1. The summed E-state index contributed by atoms with van der Waals surface area (Å²) in [5.41, 5.74) is 2.82. The van der Waals surface area contributed by atoms with Crippen LogP contribution in [0, 0.1) is 6.92 Å². The number of aliphatic hydroxyl groups is 1. The summed E-state index contributed by atoms with van der Waals surface area (Å²) in [6.45, 7) is 6.12. The summed E-state index contributed by atoms with van der Waals surface area (Å²) in [5.74, 6) is 5.62. The lowest BCUT2D eigenvalue weighted by molar-refractivity contribution is 0.0920. The van der Waals surface area contributed by atoms with Crippen molar-refractivity contribution in [3.63, 3.8) is 0 Å². The van der Waals surface area contributed by atoms with Crippen molar-refractivity contribution in [1.29, 1.82) is 0 Å². The molecule has 0 unspecified atom stereocenters.